The van der Waals surface area contributed by atoms with Crippen molar-refractivity contribution in [2.75, 3.05) is 20.1 Å². The van der Waals surface area contributed by atoms with Gasteiger partial charge in [0.2, 0.25) is 5.91 Å². The SMILES string of the molecule is CN(C(=O)/C=C/c1ccc([N+](=O)[O-])cc1)C1CCNC1. The van der Waals surface area contributed by atoms with Gasteiger partial charge in [0.25, 0.3) is 5.69 Å². The van der Waals surface area contributed by atoms with Crippen LogP contribution < -0.4 is 5.32 Å². The molecule has 2 rings (SSSR count). The second-order valence-corrected chi connectivity index (χ2v) is 4.78. The highest BCUT2D eigenvalue weighted by molar-refractivity contribution is 5.91. The van der Waals surface area contributed by atoms with Crippen LogP contribution >= 0.6 is 0 Å². The van der Waals surface area contributed by atoms with E-state index < -0.39 is 4.92 Å². The molecule has 6 nitrogen and oxygen atoms in total. The van der Waals surface area contributed by atoms with Crippen molar-refractivity contribution in [1.29, 1.82) is 0 Å². The molecule has 1 aliphatic heterocycles. The number of hydrogen-bond donors (Lipinski definition) is 1. The standard InChI is InChI=1S/C14H17N3O3/c1-16(13-8-9-15-10-13)14(18)7-4-11-2-5-12(6-3-11)17(19)20/h2-7,13,15H,8-10H2,1H3/b7-4+. The summed E-state index contributed by atoms with van der Waals surface area (Å²) in [5.74, 6) is -0.0583. The quantitative estimate of drug-likeness (QED) is 0.512. The van der Waals surface area contributed by atoms with Crippen LogP contribution in [-0.2, 0) is 4.79 Å². The molecule has 1 aliphatic rings. The van der Waals surface area contributed by atoms with Crippen molar-refractivity contribution >= 4 is 17.7 Å². The number of carbonyl (C=O) groups is 1. The lowest BCUT2D eigenvalue weighted by Crippen LogP contribution is -2.37. The number of non-ortho nitro benzene ring substituents is 1. The monoisotopic (exact) mass is 275 g/mol. The first-order valence-corrected chi connectivity index (χ1v) is 6.48. The predicted molar refractivity (Wildman–Crippen MR) is 76.2 cm³/mol. The Bertz CT molecular complexity index is 519. The maximum absolute atomic E-state index is 12.0. The minimum absolute atomic E-state index is 0.0441. The third-order valence-corrected chi connectivity index (χ3v) is 3.45. The van der Waals surface area contributed by atoms with Gasteiger partial charge >= 0.3 is 0 Å². The Labute approximate surface area is 117 Å². The van der Waals surface area contributed by atoms with Crippen LogP contribution in [0.4, 0.5) is 5.69 Å². The van der Waals surface area contributed by atoms with E-state index in [1.807, 2.05) is 0 Å². The fourth-order valence-corrected chi connectivity index (χ4v) is 2.14. The van der Waals surface area contributed by atoms with E-state index in [1.54, 1.807) is 30.2 Å². The van der Waals surface area contributed by atoms with Crippen LogP contribution in [0.2, 0.25) is 0 Å². The number of hydrogen-bond acceptors (Lipinski definition) is 4. The van der Waals surface area contributed by atoms with Gasteiger partial charge in [-0.1, -0.05) is 0 Å². The van der Waals surface area contributed by atoms with Gasteiger partial charge in [0.1, 0.15) is 0 Å². The number of carbonyl (C=O) groups excluding carboxylic acids is 1. The van der Waals surface area contributed by atoms with Crippen LogP contribution in [0.25, 0.3) is 6.08 Å². The molecular weight excluding hydrogens is 258 g/mol. The molecule has 0 bridgehead atoms. The summed E-state index contributed by atoms with van der Waals surface area (Å²) in [7, 11) is 1.79. The molecule has 1 aromatic carbocycles. The van der Waals surface area contributed by atoms with E-state index in [2.05, 4.69) is 5.32 Å². The molecule has 6 heteroatoms. The first-order chi connectivity index (χ1) is 9.58. The van der Waals surface area contributed by atoms with Crippen molar-refractivity contribution in [2.24, 2.45) is 0 Å². The zero-order valence-electron chi connectivity index (χ0n) is 11.3. The normalized spacial score (nSPS) is 18.4. The molecule has 20 heavy (non-hydrogen) atoms. The molecule has 0 saturated carbocycles. The Morgan fingerprint density at radius 1 is 1.45 bits per heavy atom. The number of nitro benzene ring substituents is 1. The molecule has 1 heterocycles. The van der Waals surface area contributed by atoms with Gasteiger partial charge in [-0.25, -0.2) is 0 Å². The Balaban J connectivity index is 1.97. The van der Waals surface area contributed by atoms with Gasteiger partial charge in [-0.2, -0.15) is 0 Å². The fourth-order valence-electron chi connectivity index (χ4n) is 2.14. The summed E-state index contributed by atoms with van der Waals surface area (Å²) in [6.07, 6.45) is 4.14. The number of rotatable bonds is 4. The van der Waals surface area contributed by atoms with Crippen LogP contribution in [0.1, 0.15) is 12.0 Å². The number of nitro groups is 1. The third-order valence-electron chi connectivity index (χ3n) is 3.45. The molecule has 106 valence electrons. The number of benzene rings is 1. The van der Waals surface area contributed by atoms with Crippen LogP contribution in [0.3, 0.4) is 0 Å². The van der Waals surface area contributed by atoms with Crippen molar-refractivity contribution in [3.8, 4) is 0 Å². The van der Waals surface area contributed by atoms with Gasteiger partial charge in [0.05, 0.1) is 4.92 Å². The highest BCUT2D eigenvalue weighted by atomic mass is 16.6. The Hall–Kier alpha value is -2.21. The number of nitrogens with one attached hydrogen (secondary N) is 1. The summed E-state index contributed by atoms with van der Waals surface area (Å²) >= 11 is 0. The second kappa shape index (κ2) is 6.29. The molecule has 1 aromatic rings. The summed E-state index contributed by atoms with van der Waals surface area (Å²) in [5.41, 5.74) is 0.810. The maximum atomic E-state index is 12.0. The largest absolute Gasteiger partial charge is 0.338 e. The lowest BCUT2D eigenvalue weighted by atomic mass is 10.2. The average Bonchev–Trinajstić information content (AvgIpc) is 2.98. The highest BCUT2D eigenvalue weighted by Gasteiger charge is 2.21. The molecule has 1 fully saturated rings. The van der Waals surface area contributed by atoms with Crippen LogP contribution in [0.15, 0.2) is 30.3 Å². The van der Waals surface area contributed by atoms with Gasteiger partial charge < -0.3 is 10.2 Å². The minimum Gasteiger partial charge on any atom is -0.338 e. The molecule has 0 spiro atoms. The van der Waals surface area contributed by atoms with Crippen molar-refractivity contribution in [2.45, 2.75) is 12.5 Å². The van der Waals surface area contributed by atoms with Crippen LogP contribution in [-0.4, -0.2) is 41.9 Å². The summed E-state index contributed by atoms with van der Waals surface area (Å²) in [4.78, 5) is 23.8. The Morgan fingerprint density at radius 2 is 2.15 bits per heavy atom. The van der Waals surface area contributed by atoms with Gasteiger partial charge in [0, 0.05) is 37.8 Å². The average molecular weight is 275 g/mol. The van der Waals surface area contributed by atoms with Crippen molar-refractivity contribution in [1.82, 2.24) is 10.2 Å². The van der Waals surface area contributed by atoms with E-state index in [-0.39, 0.29) is 17.6 Å². The molecule has 0 aliphatic carbocycles. The number of amides is 1. The van der Waals surface area contributed by atoms with E-state index in [9.17, 15) is 14.9 Å². The topological polar surface area (TPSA) is 75.5 Å². The summed E-state index contributed by atoms with van der Waals surface area (Å²) in [5, 5.41) is 13.8. The third kappa shape index (κ3) is 3.42. The van der Waals surface area contributed by atoms with E-state index >= 15 is 0 Å². The molecule has 0 aromatic heterocycles. The smallest absolute Gasteiger partial charge is 0.269 e. The molecule has 1 N–H and O–H groups in total. The van der Waals surface area contributed by atoms with Gasteiger partial charge in [-0.15, -0.1) is 0 Å². The number of nitrogens with zero attached hydrogens (tertiary/aromatic N) is 2. The summed E-state index contributed by atoms with van der Waals surface area (Å²) in [6.45, 7) is 1.77. The van der Waals surface area contributed by atoms with E-state index in [1.165, 1.54) is 18.2 Å². The summed E-state index contributed by atoms with van der Waals surface area (Å²) in [6, 6.07) is 6.34. The second-order valence-electron chi connectivity index (χ2n) is 4.78. The van der Waals surface area contributed by atoms with Crippen molar-refractivity contribution in [3.05, 3.63) is 46.0 Å². The Morgan fingerprint density at radius 3 is 2.70 bits per heavy atom. The zero-order valence-corrected chi connectivity index (χ0v) is 11.3. The van der Waals surface area contributed by atoms with Gasteiger partial charge in [-0.05, 0) is 36.7 Å². The molecular formula is C14H17N3O3. The zero-order chi connectivity index (χ0) is 14.5. The Kier molecular flexibility index (Phi) is 4.47. The van der Waals surface area contributed by atoms with Gasteiger partial charge in [-0.3, -0.25) is 14.9 Å². The van der Waals surface area contributed by atoms with Gasteiger partial charge in [0.15, 0.2) is 0 Å². The first-order valence-electron chi connectivity index (χ1n) is 6.48. The molecule has 0 radical (unpaired) electrons. The molecule has 1 atom stereocenters. The van der Waals surface area contributed by atoms with Crippen molar-refractivity contribution in [3.63, 3.8) is 0 Å². The van der Waals surface area contributed by atoms with E-state index in [4.69, 9.17) is 0 Å². The first kappa shape index (κ1) is 14.2. The fraction of sp³-hybridized carbons (Fsp3) is 0.357. The lowest BCUT2D eigenvalue weighted by molar-refractivity contribution is -0.384. The summed E-state index contributed by atoms with van der Waals surface area (Å²) < 4.78 is 0. The maximum Gasteiger partial charge on any atom is 0.269 e. The highest BCUT2D eigenvalue weighted by Crippen LogP contribution is 2.13. The molecule has 1 amide bonds. The van der Waals surface area contributed by atoms with Crippen molar-refractivity contribution < 1.29 is 9.72 Å². The van der Waals surface area contributed by atoms with E-state index in [0.29, 0.717) is 0 Å². The minimum atomic E-state index is -0.445. The predicted octanol–water partition coefficient (Wildman–Crippen LogP) is 1.43. The molecule has 1 saturated heterocycles. The van der Waals surface area contributed by atoms with E-state index in [0.717, 1.165) is 25.1 Å². The number of likely N-dealkylation sites (N-methyl/N-ethyl adjacent to an activating group) is 1. The van der Waals surface area contributed by atoms with Crippen LogP contribution in [0.5, 0.6) is 0 Å². The molecule has 1 unspecified atom stereocenters. The lowest BCUT2D eigenvalue weighted by Gasteiger charge is -2.22. The van der Waals surface area contributed by atoms with Crippen LogP contribution in [0, 0.1) is 10.1 Å².